The molecule has 1 amide bonds. The average molecular weight is 471 g/mol. The molecule has 0 atom stereocenters. The number of hydrogen-bond donors (Lipinski definition) is 3. The number of benzene rings is 2. The van der Waals surface area contributed by atoms with E-state index < -0.39 is 11.9 Å². The Labute approximate surface area is 196 Å². The molecule has 0 aliphatic rings. The molecule has 0 bridgehead atoms. The molecule has 0 spiro atoms. The van der Waals surface area contributed by atoms with Crippen molar-refractivity contribution in [2.24, 2.45) is 5.10 Å². The monoisotopic (exact) mass is 471 g/mol. The third-order valence-electron chi connectivity index (χ3n) is 5.08. The van der Waals surface area contributed by atoms with Crippen molar-refractivity contribution in [3.05, 3.63) is 72.0 Å². The van der Waals surface area contributed by atoms with Crippen LogP contribution >= 0.6 is 0 Å². The van der Waals surface area contributed by atoms with Crippen LogP contribution in [0.15, 0.2) is 74.8 Å². The largest absolute Gasteiger partial charge is 0.478 e. The maximum atomic E-state index is 12.6. The van der Waals surface area contributed by atoms with Gasteiger partial charge in [-0.05, 0) is 46.7 Å². The Kier molecular flexibility index (Phi) is 5.51. The molecule has 5 aromatic rings. The summed E-state index contributed by atoms with van der Waals surface area (Å²) in [6.07, 6.45) is 1.34. The highest BCUT2D eigenvalue weighted by Gasteiger charge is 2.20. The van der Waals surface area contributed by atoms with E-state index in [0.29, 0.717) is 33.9 Å². The molecule has 5 rings (SSSR count). The molecule has 2 aromatic carbocycles. The Bertz CT molecular complexity index is 1580. The lowest BCUT2D eigenvalue weighted by molar-refractivity contribution is -0.121. The number of anilines is 1. The minimum absolute atomic E-state index is 0.0579. The van der Waals surface area contributed by atoms with Gasteiger partial charge in [0.05, 0.1) is 22.8 Å². The van der Waals surface area contributed by atoms with Crippen molar-refractivity contribution in [1.29, 1.82) is 0 Å². The standard InChI is InChI=1S/C23H17N7O5/c24-21-20(28-35-29-21)22-26-16-6-1-2-7-17(16)30(22)12-19(31)27-25-11-15-8-9-18(34-15)13-4-3-5-14(10-13)23(32)33/h1-11H,12H2,(H2,24,29)(H,27,31)(H,32,33)/b25-11-. The summed E-state index contributed by atoms with van der Waals surface area (Å²) < 4.78 is 12.0. The van der Waals surface area contributed by atoms with Gasteiger partial charge in [0.25, 0.3) is 5.91 Å². The van der Waals surface area contributed by atoms with Gasteiger partial charge in [0.1, 0.15) is 18.1 Å². The van der Waals surface area contributed by atoms with E-state index in [4.69, 9.17) is 15.3 Å². The third-order valence-corrected chi connectivity index (χ3v) is 5.08. The Morgan fingerprint density at radius 3 is 2.77 bits per heavy atom. The van der Waals surface area contributed by atoms with E-state index in [-0.39, 0.29) is 23.6 Å². The smallest absolute Gasteiger partial charge is 0.335 e. The minimum atomic E-state index is -1.03. The zero-order valence-electron chi connectivity index (χ0n) is 18.0. The van der Waals surface area contributed by atoms with Gasteiger partial charge in [-0.1, -0.05) is 24.3 Å². The van der Waals surface area contributed by atoms with E-state index in [1.165, 1.54) is 18.3 Å². The third kappa shape index (κ3) is 4.35. The van der Waals surface area contributed by atoms with Gasteiger partial charge < -0.3 is 19.8 Å². The van der Waals surface area contributed by atoms with Crippen molar-refractivity contribution in [3.63, 3.8) is 0 Å². The maximum Gasteiger partial charge on any atom is 0.335 e. The number of fused-ring (bicyclic) bond motifs is 1. The van der Waals surface area contributed by atoms with Gasteiger partial charge in [0.2, 0.25) is 0 Å². The van der Waals surface area contributed by atoms with E-state index >= 15 is 0 Å². The fourth-order valence-electron chi connectivity index (χ4n) is 3.50. The Balaban J connectivity index is 1.31. The molecule has 35 heavy (non-hydrogen) atoms. The van der Waals surface area contributed by atoms with Crippen LogP contribution in [0.4, 0.5) is 5.82 Å². The van der Waals surface area contributed by atoms with Crippen LogP contribution in [0.2, 0.25) is 0 Å². The van der Waals surface area contributed by atoms with Crippen LogP contribution in [-0.2, 0) is 11.3 Å². The van der Waals surface area contributed by atoms with Gasteiger partial charge in [0.15, 0.2) is 17.3 Å². The zero-order valence-corrected chi connectivity index (χ0v) is 18.0. The van der Waals surface area contributed by atoms with Crippen molar-refractivity contribution in [1.82, 2.24) is 25.3 Å². The van der Waals surface area contributed by atoms with E-state index in [2.05, 4.69) is 30.5 Å². The number of rotatable bonds is 7. The number of carbonyl (C=O) groups excluding carboxylic acids is 1. The first-order valence-corrected chi connectivity index (χ1v) is 10.3. The van der Waals surface area contributed by atoms with E-state index in [0.717, 1.165) is 0 Å². The summed E-state index contributed by atoms with van der Waals surface area (Å²) in [5, 5.41) is 20.5. The van der Waals surface area contributed by atoms with Crippen LogP contribution in [0.3, 0.4) is 0 Å². The molecule has 3 heterocycles. The topological polar surface area (TPSA) is 175 Å². The number of amides is 1. The van der Waals surface area contributed by atoms with Gasteiger partial charge in [-0.15, -0.1) is 0 Å². The Morgan fingerprint density at radius 1 is 1.11 bits per heavy atom. The normalized spacial score (nSPS) is 11.3. The molecule has 0 aliphatic carbocycles. The van der Waals surface area contributed by atoms with Crippen molar-refractivity contribution in [2.45, 2.75) is 6.54 Å². The number of nitrogens with zero attached hydrogens (tertiary/aromatic N) is 5. The van der Waals surface area contributed by atoms with Gasteiger partial charge in [-0.3, -0.25) is 4.79 Å². The molecule has 0 fully saturated rings. The van der Waals surface area contributed by atoms with Gasteiger partial charge in [-0.2, -0.15) is 5.10 Å². The van der Waals surface area contributed by atoms with Crippen molar-refractivity contribution >= 4 is 34.9 Å². The predicted octanol–water partition coefficient (Wildman–Crippen LogP) is 2.78. The number of nitrogens with one attached hydrogen (secondary N) is 1. The van der Waals surface area contributed by atoms with Crippen LogP contribution in [0.5, 0.6) is 0 Å². The van der Waals surface area contributed by atoms with Crippen LogP contribution < -0.4 is 11.2 Å². The molecular weight excluding hydrogens is 454 g/mol. The lowest BCUT2D eigenvalue weighted by Gasteiger charge is -2.06. The Hall–Kier alpha value is -5.26. The highest BCUT2D eigenvalue weighted by molar-refractivity contribution is 5.89. The lowest BCUT2D eigenvalue weighted by Crippen LogP contribution is -2.23. The fraction of sp³-hybridized carbons (Fsp3) is 0.0435. The summed E-state index contributed by atoms with van der Waals surface area (Å²) in [6, 6.07) is 17.0. The number of imidazole rings is 1. The number of aromatic carboxylic acids is 1. The van der Waals surface area contributed by atoms with Crippen LogP contribution in [0.25, 0.3) is 33.9 Å². The molecule has 0 radical (unpaired) electrons. The number of carboxylic acids is 1. The first-order chi connectivity index (χ1) is 17.0. The van der Waals surface area contributed by atoms with E-state index in [9.17, 15) is 9.59 Å². The number of furan rings is 1. The highest BCUT2D eigenvalue weighted by Crippen LogP contribution is 2.26. The maximum absolute atomic E-state index is 12.6. The number of hydrazone groups is 1. The molecule has 0 saturated carbocycles. The molecular formula is C23H17N7O5. The number of para-hydroxylation sites is 2. The molecule has 12 heteroatoms. The molecule has 3 aromatic heterocycles. The van der Waals surface area contributed by atoms with Gasteiger partial charge in [0, 0.05) is 5.56 Å². The zero-order chi connectivity index (χ0) is 24.4. The number of nitrogens with two attached hydrogens (primary N) is 1. The predicted molar refractivity (Wildman–Crippen MR) is 124 cm³/mol. The number of carboxylic acid groups (broad SMARTS) is 1. The summed E-state index contributed by atoms with van der Waals surface area (Å²) in [4.78, 5) is 28.3. The first-order valence-electron chi connectivity index (χ1n) is 10.3. The lowest BCUT2D eigenvalue weighted by atomic mass is 10.1. The Morgan fingerprint density at radius 2 is 1.97 bits per heavy atom. The molecule has 0 unspecified atom stereocenters. The first kappa shape index (κ1) is 21.6. The highest BCUT2D eigenvalue weighted by atomic mass is 16.6. The van der Waals surface area contributed by atoms with Crippen molar-refractivity contribution in [3.8, 4) is 22.8 Å². The van der Waals surface area contributed by atoms with E-state index in [1.54, 1.807) is 34.9 Å². The summed E-state index contributed by atoms with van der Waals surface area (Å²) >= 11 is 0. The molecule has 0 aliphatic heterocycles. The van der Waals surface area contributed by atoms with Crippen molar-refractivity contribution in [2.75, 3.05) is 5.73 Å². The van der Waals surface area contributed by atoms with E-state index in [1.807, 2.05) is 18.2 Å². The average Bonchev–Trinajstić information content (AvgIpc) is 3.58. The quantitative estimate of drug-likeness (QED) is 0.238. The second-order valence-corrected chi connectivity index (χ2v) is 7.39. The van der Waals surface area contributed by atoms with Gasteiger partial charge in [-0.25, -0.2) is 19.8 Å². The second-order valence-electron chi connectivity index (χ2n) is 7.39. The number of nitrogen functional groups attached to an aromatic ring is 1. The van der Waals surface area contributed by atoms with Crippen LogP contribution in [0.1, 0.15) is 16.1 Å². The summed E-state index contributed by atoms with van der Waals surface area (Å²) in [7, 11) is 0. The van der Waals surface area contributed by atoms with Crippen LogP contribution in [-0.4, -0.2) is 43.1 Å². The summed E-state index contributed by atoms with van der Waals surface area (Å²) in [5.74, 6) is -0.225. The number of hydrogen-bond acceptors (Lipinski definition) is 9. The molecule has 0 saturated heterocycles. The number of carbonyl (C=O) groups is 2. The minimum Gasteiger partial charge on any atom is -0.478 e. The second kappa shape index (κ2) is 8.94. The van der Waals surface area contributed by atoms with Gasteiger partial charge >= 0.3 is 5.97 Å². The summed E-state index contributed by atoms with van der Waals surface area (Å²) in [6.45, 7) is -0.120. The molecule has 174 valence electrons. The molecule has 4 N–H and O–H groups in total. The van der Waals surface area contributed by atoms with Crippen LogP contribution in [0, 0.1) is 0 Å². The molecule has 12 nitrogen and oxygen atoms in total. The SMILES string of the molecule is Nc1nonc1-c1nc2ccccc2n1CC(=O)N/N=C\c1ccc(-c2cccc(C(=O)O)c2)o1. The summed E-state index contributed by atoms with van der Waals surface area (Å²) in [5.41, 5.74) is 10.6. The van der Waals surface area contributed by atoms with Crippen molar-refractivity contribution < 1.29 is 23.7 Å². The fourth-order valence-corrected chi connectivity index (χ4v) is 3.50. The number of aromatic nitrogens is 4.